The van der Waals surface area contributed by atoms with Gasteiger partial charge in [-0.25, -0.2) is 4.79 Å². The van der Waals surface area contributed by atoms with E-state index in [9.17, 15) is 19.2 Å². The van der Waals surface area contributed by atoms with Crippen LogP contribution in [0.4, 0.5) is 5.95 Å². The van der Waals surface area contributed by atoms with Gasteiger partial charge in [-0.05, 0) is 19.3 Å². The summed E-state index contributed by atoms with van der Waals surface area (Å²) < 4.78 is 3.89. The summed E-state index contributed by atoms with van der Waals surface area (Å²) in [6, 6.07) is 8.57. The van der Waals surface area contributed by atoms with Crippen LogP contribution in [0, 0.1) is 5.92 Å². The molecule has 1 aromatic carbocycles. The molecule has 0 aliphatic carbocycles. The summed E-state index contributed by atoms with van der Waals surface area (Å²) in [6.45, 7) is 2.46. The Morgan fingerprint density at radius 3 is 2.50 bits per heavy atom. The minimum Gasteiger partial charge on any atom is -0.389 e. The van der Waals surface area contributed by atoms with E-state index >= 15 is 0 Å². The number of Topliss-reactive ketones (excluding diaryl/α,β-unsaturated/α-hetero) is 1. The zero-order valence-electron chi connectivity index (χ0n) is 21.1. The van der Waals surface area contributed by atoms with Crippen molar-refractivity contribution in [1.82, 2.24) is 28.9 Å². The van der Waals surface area contributed by atoms with Gasteiger partial charge >= 0.3 is 5.69 Å². The van der Waals surface area contributed by atoms with Gasteiger partial charge in [0.25, 0.3) is 5.56 Å². The SMILES string of the molecule is Cl.Cn1c(=O)n(CC(=O)c2ccccc2)c(=O)c2c1nc(N1CCC3CNC=C31)n2CC(=O)N1CCCC1. The van der Waals surface area contributed by atoms with Gasteiger partial charge in [0.15, 0.2) is 16.9 Å². The fourth-order valence-electron chi connectivity index (χ4n) is 5.62. The van der Waals surface area contributed by atoms with E-state index in [1.54, 1.807) is 46.8 Å². The number of carbonyl (C=O) groups excluding carboxylic acids is 2. The standard InChI is InChI=1S/C26H29N7O4.ClH/c1-29-23-22(24(36)33(26(29)37)15-20(34)17-7-3-2-4-8-17)32(16-21(35)30-10-5-6-11-30)25(28-23)31-12-9-18-13-27-14-19(18)31;/h2-4,7-8,14,18,27H,5-6,9-13,15-16H2,1H3;1H. The van der Waals surface area contributed by atoms with Gasteiger partial charge in [0.1, 0.15) is 6.54 Å². The van der Waals surface area contributed by atoms with Gasteiger partial charge in [0.05, 0.1) is 6.54 Å². The maximum absolute atomic E-state index is 13.8. The molecule has 1 amide bonds. The predicted octanol–water partition coefficient (Wildman–Crippen LogP) is 1.09. The van der Waals surface area contributed by atoms with E-state index in [-0.39, 0.29) is 41.8 Å². The first kappa shape index (κ1) is 25.8. The molecule has 200 valence electrons. The van der Waals surface area contributed by atoms with Gasteiger partial charge in [-0.2, -0.15) is 4.98 Å². The van der Waals surface area contributed by atoms with E-state index in [0.29, 0.717) is 37.1 Å². The van der Waals surface area contributed by atoms with Gasteiger partial charge < -0.3 is 15.1 Å². The minimum absolute atomic E-state index is 0. The third-order valence-corrected chi connectivity index (χ3v) is 7.65. The zero-order chi connectivity index (χ0) is 25.7. The Bertz CT molecular complexity index is 1550. The molecule has 38 heavy (non-hydrogen) atoms. The zero-order valence-corrected chi connectivity index (χ0v) is 21.9. The van der Waals surface area contributed by atoms with E-state index in [1.165, 1.54) is 4.57 Å². The number of imidazole rings is 1. The fraction of sp³-hybridized carbons (Fsp3) is 0.423. The number of aryl methyl sites for hydroxylation is 1. The van der Waals surface area contributed by atoms with Crippen LogP contribution < -0.4 is 21.5 Å². The molecule has 2 fully saturated rings. The minimum atomic E-state index is -0.621. The third kappa shape index (κ3) is 4.20. The molecular formula is C26H30ClN7O4. The molecule has 0 saturated carbocycles. The van der Waals surface area contributed by atoms with E-state index in [4.69, 9.17) is 4.98 Å². The number of fused-ring (bicyclic) bond motifs is 2. The van der Waals surface area contributed by atoms with Crippen LogP contribution in [0.3, 0.4) is 0 Å². The molecule has 3 aliphatic heterocycles. The molecular weight excluding hydrogens is 510 g/mol. The summed E-state index contributed by atoms with van der Waals surface area (Å²) in [4.78, 5) is 61.8. The van der Waals surface area contributed by atoms with Crippen molar-refractivity contribution in [2.24, 2.45) is 13.0 Å². The Kier molecular flexibility index (Phi) is 6.87. The third-order valence-electron chi connectivity index (χ3n) is 7.65. The van der Waals surface area contributed by atoms with Crippen LogP contribution in [0.5, 0.6) is 0 Å². The molecule has 6 rings (SSSR count). The Morgan fingerprint density at radius 2 is 1.76 bits per heavy atom. The lowest BCUT2D eigenvalue weighted by Crippen LogP contribution is -2.41. The smallest absolute Gasteiger partial charge is 0.332 e. The average Bonchev–Trinajstić information content (AvgIpc) is 3.70. The summed E-state index contributed by atoms with van der Waals surface area (Å²) >= 11 is 0. The normalized spacial score (nSPS) is 18.3. The van der Waals surface area contributed by atoms with Crippen molar-refractivity contribution >= 4 is 41.2 Å². The summed E-state index contributed by atoms with van der Waals surface area (Å²) in [7, 11) is 1.54. The Hall–Kier alpha value is -3.86. The molecule has 2 aromatic heterocycles. The summed E-state index contributed by atoms with van der Waals surface area (Å²) in [5.41, 5.74) is 0.598. The molecule has 0 radical (unpaired) electrons. The molecule has 1 atom stereocenters. The Labute approximate surface area is 224 Å². The highest BCUT2D eigenvalue weighted by atomic mass is 35.5. The van der Waals surface area contributed by atoms with Gasteiger partial charge in [0.2, 0.25) is 11.9 Å². The second-order valence-corrected chi connectivity index (χ2v) is 9.89. The molecule has 1 N–H and O–H groups in total. The van der Waals surface area contributed by atoms with Crippen LogP contribution in [-0.2, 0) is 24.9 Å². The monoisotopic (exact) mass is 539 g/mol. The molecule has 0 bridgehead atoms. The van der Waals surface area contributed by atoms with E-state index in [0.717, 1.165) is 36.1 Å². The highest BCUT2D eigenvalue weighted by Gasteiger charge is 2.36. The fourth-order valence-corrected chi connectivity index (χ4v) is 5.62. The lowest BCUT2D eigenvalue weighted by Gasteiger charge is -2.22. The lowest BCUT2D eigenvalue weighted by molar-refractivity contribution is -0.130. The molecule has 5 heterocycles. The van der Waals surface area contributed by atoms with E-state index in [2.05, 4.69) is 5.32 Å². The van der Waals surface area contributed by atoms with Gasteiger partial charge in [0, 0.05) is 56.6 Å². The van der Waals surface area contributed by atoms with E-state index in [1.807, 2.05) is 11.1 Å². The van der Waals surface area contributed by atoms with Gasteiger partial charge in [-0.1, -0.05) is 30.3 Å². The Balaban J connectivity index is 0.00000294. The number of amides is 1. The number of benzene rings is 1. The number of carbonyl (C=O) groups is 2. The quantitative estimate of drug-likeness (QED) is 0.466. The van der Waals surface area contributed by atoms with Gasteiger partial charge in [-0.15, -0.1) is 12.4 Å². The van der Waals surface area contributed by atoms with Crippen molar-refractivity contribution in [3.8, 4) is 0 Å². The number of halogens is 1. The molecule has 3 aromatic rings. The average molecular weight is 540 g/mol. The first-order chi connectivity index (χ1) is 17.9. The number of nitrogens with one attached hydrogen (secondary N) is 1. The Morgan fingerprint density at radius 1 is 1.03 bits per heavy atom. The summed E-state index contributed by atoms with van der Waals surface area (Å²) in [5, 5.41) is 3.27. The van der Waals surface area contributed by atoms with Crippen LogP contribution >= 0.6 is 12.4 Å². The number of aromatic nitrogens is 4. The van der Waals surface area contributed by atoms with Crippen LogP contribution in [0.2, 0.25) is 0 Å². The number of rotatable bonds is 6. The van der Waals surface area contributed by atoms with E-state index < -0.39 is 17.8 Å². The first-order valence-corrected chi connectivity index (χ1v) is 12.7. The van der Waals surface area contributed by atoms with Gasteiger partial charge in [-0.3, -0.25) is 28.1 Å². The van der Waals surface area contributed by atoms with Crippen LogP contribution in [0.15, 0.2) is 51.8 Å². The lowest BCUT2D eigenvalue weighted by atomic mass is 10.1. The second-order valence-electron chi connectivity index (χ2n) is 9.89. The van der Waals surface area contributed by atoms with Crippen LogP contribution in [-0.4, -0.2) is 61.5 Å². The van der Waals surface area contributed by atoms with Crippen molar-refractivity contribution in [2.75, 3.05) is 31.1 Å². The molecule has 12 heteroatoms. The number of anilines is 1. The summed E-state index contributed by atoms with van der Waals surface area (Å²) in [5.74, 6) is 0.376. The van der Waals surface area contributed by atoms with Crippen molar-refractivity contribution in [3.63, 3.8) is 0 Å². The summed E-state index contributed by atoms with van der Waals surface area (Å²) in [6.07, 6.45) is 4.80. The van der Waals surface area contributed by atoms with Crippen LogP contribution in [0.1, 0.15) is 29.6 Å². The topological polar surface area (TPSA) is 114 Å². The van der Waals surface area contributed by atoms with Crippen molar-refractivity contribution in [1.29, 1.82) is 0 Å². The number of ketones is 1. The number of hydrogen-bond acceptors (Lipinski definition) is 7. The molecule has 3 aliphatic rings. The highest BCUT2D eigenvalue weighted by Crippen LogP contribution is 2.35. The number of likely N-dealkylation sites (tertiary alicyclic amines) is 1. The maximum Gasteiger partial charge on any atom is 0.332 e. The predicted molar refractivity (Wildman–Crippen MR) is 145 cm³/mol. The number of hydrogen-bond donors (Lipinski definition) is 1. The second kappa shape index (κ2) is 10.1. The van der Waals surface area contributed by atoms with Crippen molar-refractivity contribution < 1.29 is 9.59 Å². The van der Waals surface area contributed by atoms with Crippen molar-refractivity contribution in [3.05, 3.63) is 68.6 Å². The molecule has 0 spiro atoms. The molecule has 2 saturated heterocycles. The first-order valence-electron chi connectivity index (χ1n) is 12.7. The number of nitrogens with zero attached hydrogens (tertiary/aromatic N) is 6. The largest absolute Gasteiger partial charge is 0.389 e. The van der Waals surface area contributed by atoms with Crippen LogP contribution in [0.25, 0.3) is 11.2 Å². The molecule has 1 unspecified atom stereocenters. The highest BCUT2D eigenvalue weighted by molar-refractivity contribution is 5.96. The molecule has 11 nitrogen and oxygen atoms in total. The maximum atomic E-state index is 13.8. The van der Waals surface area contributed by atoms with Crippen molar-refractivity contribution in [2.45, 2.75) is 32.4 Å².